The second-order valence-electron chi connectivity index (χ2n) is 2.83. The molecular weight excluding hydrogens is 222 g/mol. The minimum absolute atomic E-state index is 0.0299. The van der Waals surface area contributed by atoms with Crippen LogP contribution in [-0.2, 0) is 16.0 Å². The van der Waals surface area contributed by atoms with E-state index in [1.165, 1.54) is 25.3 Å². The molecule has 0 saturated carbocycles. The molecule has 0 aliphatic carbocycles. The summed E-state index contributed by atoms with van der Waals surface area (Å²) in [7, 11) is 1.25. The predicted molar refractivity (Wildman–Crippen MR) is 53.8 cm³/mol. The number of hydrogen-bond acceptors (Lipinski definition) is 4. The fourth-order valence-electron chi connectivity index (χ4n) is 1.08. The minimum atomic E-state index is -0.563. The van der Waals surface area contributed by atoms with Crippen molar-refractivity contribution in [3.05, 3.63) is 38.9 Å². The van der Waals surface area contributed by atoms with Gasteiger partial charge < -0.3 is 4.74 Å². The lowest BCUT2D eigenvalue weighted by atomic mass is 10.1. The summed E-state index contributed by atoms with van der Waals surface area (Å²) in [4.78, 5) is 20.9. The number of hydrogen-bond donors (Lipinski definition) is 0. The summed E-state index contributed by atoms with van der Waals surface area (Å²) in [6, 6.07) is 4.01. The maximum atomic E-state index is 10.9. The Morgan fingerprint density at radius 2 is 2.20 bits per heavy atom. The Morgan fingerprint density at radius 3 is 2.73 bits per heavy atom. The number of halogens is 1. The number of esters is 1. The van der Waals surface area contributed by atoms with E-state index in [0.717, 1.165) is 0 Å². The third-order valence-corrected chi connectivity index (χ3v) is 1.95. The monoisotopic (exact) mass is 229 g/mol. The van der Waals surface area contributed by atoms with Gasteiger partial charge in [0.15, 0.2) is 0 Å². The van der Waals surface area contributed by atoms with Gasteiger partial charge >= 0.3 is 5.97 Å². The Balaban J connectivity index is 2.98. The molecule has 0 aliphatic heterocycles. The normalized spacial score (nSPS) is 9.73. The lowest BCUT2D eigenvalue weighted by Gasteiger charge is -2.00. The summed E-state index contributed by atoms with van der Waals surface area (Å²) >= 11 is 5.66. The van der Waals surface area contributed by atoms with E-state index in [1.54, 1.807) is 0 Å². The molecule has 5 nitrogen and oxygen atoms in total. The minimum Gasteiger partial charge on any atom is -0.469 e. The molecule has 0 amide bonds. The first-order chi connectivity index (χ1) is 7.02. The van der Waals surface area contributed by atoms with E-state index < -0.39 is 10.9 Å². The van der Waals surface area contributed by atoms with Gasteiger partial charge in [-0.3, -0.25) is 14.9 Å². The summed E-state index contributed by atoms with van der Waals surface area (Å²) in [5, 5.41) is 10.7. The average molecular weight is 230 g/mol. The molecule has 1 rings (SSSR count). The van der Waals surface area contributed by atoms with Crippen LogP contribution in [0.15, 0.2) is 18.2 Å². The Kier molecular flexibility index (Phi) is 3.62. The summed E-state index contributed by atoms with van der Waals surface area (Å²) < 4.78 is 4.44. The van der Waals surface area contributed by atoms with Crippen molar-refractivity contribution in [2.75, 3.05) is 7.11 Å². The second-order valence-corrected chi connectivity index (χ2v) is 3.26. The molecule has 0 bridgehead atoms. The van der Waals surface area contributed by atoms with Gasteiger partial charge in [0, 0.05) is 17.2 Å². The number of nitrogens with zero attached hydrogens (tertiary/aromatic N) is 1. The zero-order valence-electron chi connectivity index (χ0n) is 7.90. The van der Waals surface area contributed by atoms with Crippen LogP contribution >= 0.6 is 11.6 Å². The molecule has 15 heavy (non-hydrogen) atoms. The molecule has 80 valence electrons. The number of benzene rings is 1. The first-order valence-electron chi connectivity index (χ1n) is 4.03. The molecule has 0 fully saturated rings. The first-order valence-corrected chi connectivity index (χ1v) is 4.41. The van der Waals surface area contributed by atoms with Crippen molar-refractivity contribution in [1.82, 2.24) is 0 Å². The van der Waals surface area contributed by atoms with Crippen LogP contribution in [0, 0.1) is 10.1 Å². The Morgan fingerprint density at radius 1 is 1.53 bits per heavy atom. The number of carbonyl (C=O) groups excluding carboxylic acids is 1. The number of methoxy groups -OCH3 is 1. The molecule has 1 aromatic carbocycles. The number of nitro benzene ring substituents is 1. The standard InChI is InChI=1S/C9H8ClNO4/c1-15-9(12)4-6-2-7(10)5-8(3-6)11(13)14/h2-3,5H,4H2,1H3. The van der Waals surface area contributed by atoms with E-state index in [9.17, 15) is 14.9 Å². The highest BCUT2D eigenvalue weighted by molar-refractivity contribution is 6.30. The third kappa shape index (κ3) is 3.21. The SMILES string of the molecule is COC(=O)Cc1cc(Cl)cc([N+](=O)[O-])c1. The van der Waals surface area contributed by atoms with Gasteiger partial charge in [-0.05, 0) is 11.6 Å². The van der Waals surface area contributed by atoms with Crippen molar-refractivity contribution in [3.8, 4) is 0 Å². The molecular formula is C9H8ClNO4. The Bertz CT molecular complexity index is 405. The zero-order valence-corrected chi connectivity index (χ0v) is 8.65. The summed E-state index contributed by atoms with van der Waals surface area (Å²) in [5.41, 5.74) is 0.322. The van der Waals surface area contributed by atoms with Gasteiger partial charge in [-0.15, -0.1) is 0 Å². The van der Waals surface area contributed by atoms with E-state index in [1.807, 2.05) is 0 Å². The largest absolute Gasteiger partial charge is 0.469 e. The molecule has 0 aliphatic rings. The van der Waals surface area contributed by atoms with Gasteiger partial charge in [-0.25, -0.2) is 0 Å². The van der Waals surface area contributed by atoms with Crippen molar-refractivity contribution in [3.63, 3.8) is 0 Å². The highest BCUT2D eigenvalue weighted by Crippen LogP contribution is 2.21. The van der Waals surface area contributed by atoms with Crippen LogP contribution in [0.5, 0.6) is 0 Å². The smallest absolute Gasteiger partial charge is 0.309 e. The van der Waals surface area contributed by atoms with E-state index in [-0.39, 0.29) is 17.1 Å². The maximum absolute atomic E-state index is 10.9. The molecule has 0 N–H and O–H groups in total. The van der Waals surface area contributed by atoms with Crippen LogP contribution in [0.25, 0.3) is 0 Å². The molecule has 1 aromatic rings. The number of ether oxygens (including phenoxy) is 1. The molecule has 6 heteroatoms. The molecule has 0 heterocycles. The van der Waals surface area contributed by atoms with Crippen LogP contribution < -0.4 is 0 Å². The predicted octanol–water partition coefficient (Wildman–Crippen LogP) is 1.96. The first kappa shape index (κ1) is 11.5. The van der Waals surface area contributed by atoms with Gasteiger partial charge in [-0.1, -0.05) is 11.6 Å². The van der Waals surface area contributed by atoms with Crippen LogP contribution in [0.4, 0.5) is 5.69 Å². The lowest BCUT2D eigenvalue weighted by Crippen LogP contribution is -2.04. The van der Waals surface area contributed by atoms with E-state index in [2.05, 4.69) is 4.74 Å². The van der Waals surface area contributed by atoms with Crippen molar-refractivity contribution in [2.24, 2.45) is 0 Å². The van der Waals surface area contributed by atoms with Crippen LogP contribution in [0.2, 0.25) is 5.02 Å². The molecule has 0 atom stereocenters. The summed E-state index contributed by atoms with van der Waals surface area (Å²) in [6.45, 7) is 0. The molecule has 0 aromatic heterocycles. The number of non-ortho nitro benzene ring substituents is 1. The molecule has 0 spiro atoms. The highest BCUT2D eigenvalue weighted by atomic mass is 35.5. The molecule has 0 saturated heterocycles. The number of rotatable bonds is 3. The number of carbonyl (C=O) groups is 1. The Hall–Kier alpha value is -1.62. The fourth-order valence-corrected chi connectivity index (χ4v) is 1.33. The van der Waals surface area contributed by atoms with Crippen LogP contribution in [0.3, 0.4) is 0 Å². The quantitative estimate of drug-likeness (QED) is 0.451. The third-order valence-electron chi connectivity index (χ3n) is 1.73. The van der Waals surface area contributed by atoms with Crippen LogP contribution in [-0.4, -0.2) is 18.0 Å². The summed E-state index contributed by atoms with van der Waals surface area (Å²) in [5.74, 6) is -0.466. The van der Waals surface area contributed by atoms with Gasteiger partial charge in [0.25, 0.3) is 5.69 Å². The van der Waals surface area contributed by atoms with E-state index >= 15 is 0 Å². The Labute approximate surface area is 90.8 Å². The second kappa shape index (κ2) is 4.75. The van der Waals surface area contributed by atoms with Crippen molar-refractivity contribution < 1.29 is 14.5 Å². The van der Waals surface area contributed by atoms with Gasteiger partial charge in [-0.2, -0.15) is 0 Å². The maximum Gasteiger partial charge on any atom is 0.309 e. The fraction of sp³-hybridized carbons (Fsp3) is 0.222. The average Bonchev–Trinajstić information content (AvgIpc) is 2.16. The zero-order chi connectivity index (χ0) is 11.4. The lowest BCUT2D eigenvalue weighted by molar-refractivity contribution is -0.384. The van der Waals surface area contributed by atoms with Crippen LogP contribution in [0.1, 0.15) is 5.56 Å². The number of nitro groups is 1. The van der Waals surface area contributed by atoms with Gasteiger partial charge in [0.2, 0.25) is 0 Å². The van der Waals surface area contributed by atoms with Gasteiger partial charge in [0.05, 0.1) is 18.5 Å². The van der Waals surface area contributed by atoms with Gasteiger partial charge in [0.1, 0.15) is 0 Å². The topological polar surface area (TPSA) is 69.4 Å². The van der Waals surface area contributed by atoms with Crippen molar-refractivity contribution >= 4 is 23.3 Å². The highest BCUT2D eigenvalue weighted by Gasteiger charge is 2.11. The summed E-state index contributed by atoms with van der Waals surface area (Å²) in [6.07, 6.45) is -0.0299. The van der Waals surface area contributed by atoms with Crippen molar-refractivity contribution in [1.29, 1.82) is 0 Å². The molecule has 0 unspecified atom stereocenters. The van der Waals surface area contributed by atoms with E-state index in [4.69, 9.17) is 11.6 Å². The van der Waals surface area contributed by atoms with Crippen molar-refractivity contribution in [2.45, 2.75) is 6.42 Å². The van der Waals surface area contributed by atoms with E-state index in [0.29, 0.717) is 5.56 Å². The molecule has 0 radical (unpaired) electrons.